The van der Waals surface area contributed by atoms with Crippen LogP contribution in [0.1, 0.15) is 50.7 Å². The molecule has 0 amide bonds. The second-order valence-corrected chi connectivity index (χ2v) is 10.5. The van der Waals surface area contributed by atoms with Crippen molar-refractivity contribution in [2.24, 2.45) is 0 Å². The maximum Gasteiger partial charge on any atom is 0.206 e. The number of halogens is 2. The summed E-state index contributed by atoms with van der Waals surface area (Å²) in [5.74, 6) is 0. The Morgan fingerprint density at radius 1 is 0.759 bits per heavy atom. The molecular formula is C22H28Br2O4S. The van der Waals surface area contributed by atoms with E-state index in [0.29, 0.717) is 26.4 Å². The average molecular weight is 548 g/mol. The Bertz CT molecular complexity index is 830. The molecule has 0 aliphatic carbocycles. The topological polar surface area (TPSA) is 52.6 Å². The predicted octanol–water partition coefficient (Wildman–Crippen LogP) is 6.68. The molecule has 29 heavy (non-hydrogen) atoms. The van der Waals surface area contributed by atoms with Crippen molar-refractivity contribution in [1.82, 2.24) is 0 Å². The summed E-state index contributed by atoms with van der Waals surface area (Å²) in [6, 6.07) is 10.1. The third-order valence-electron chi connectivity index (χ3n) is 4.45. The molecule has 0 saturated carbocycles. The van der Waals surface area contributed by atoms with E-state index in [1.54, 1.807) is 36.4 Å². The minimum Gasteiger partial charge on any atom is -0.377 e. The van der Waals surface area contributed by atoms with E-state index in [0.717, 1.165) is 45.8 Å². The summed E-state index contributed by atoms with van der Waals surface area (Å²) in [5.41, 5.74) is 1.64. The summed E-state index contributed by atoms with van der Waals surface area (Å²) < 4.78 is 39.4. The van der Waals surface area contributed by atoms with Gasteiger partial charge in [0.05, 0.1) is 23.0 Å². The molecule has 7 heteroatoms. The van der Waals surface area contributed by atoms with E-state index in [1.165, 1.54) is 0 Å². The van der Waals surface area contributed by atoms with E-state index in [9.17, 15) is 8.42 Å². The van der Waals surface area contributed by atoms with Crippen LogP contribution in [0.25, 0.3) is 0 Å². The minimum atomic E-state index is -3.64. The van der Waals surface area contributed by atoms with Gasteiger partial charge >= 0.3 is 0 Å². The molecule has 0 N–H and O–H groups in total. The fourth-order valence-electron chi connectivity index (χ4n) is 2.65. The van der Waals surface area contributed by atoms with E-state index in [4.69, 9.17) is 9.47 Å². The highest BCUT2D eigenvalue weighted by Crippen LogP contribution is 2.29. The molecule has 0 aromatic heterocycles. The van der Waals surface area contributed by atoms with E-state index in [1.807, 2.05) is 0 Å². The quantitative estimate of drug-likeness (QED) is 0.278. The van der Waals surface area contributed by atoms with Gasteiger partial charge in [0.1, 0.15) is 0 Å². The first-order valence-electron chi connectivity index (χ1n) is 9.87. The highest BCUT2D eigenvalue weighted by molar-refractivity contribution is 9.10. The molecule has 4 nitrogen and oxygen atoms in total. The zero-order valence-corrected chi connectivity index (χ0v) is 20.9. The van der Waals surface area contributed by atoms with Gasteiger partial charge in [-0.1, -0.05) is 58.5 Å². The highest BCUT2D eigenvalue weighted by Gasteiger charge is 2.20. The lowest BCUT2D eigenvalue weighted by molar-refractivity contribution is 0.117. The number of hydrogen-bond donors (Lipinski definition) is 0. The standard InChI is InChI=1S/C22H28Br2O4S/c1-3-5-11-27-15-17-13-19(7-9-21(17)23)29(25,26)20-8-10-22(24)18(14-20)16-28-12-6-4-2/h7-10,13-14H,3-6,11-12,15-16H2,1-2H3. The molecular weight excluding hydrogens is 520 g/mol. The van der Waals surface area contributed by atoms with Crippen molar-refractivity contribution < 1.29 is 17.9 Å². The largest absolute Gasteiger partial charge is 0.377 e. The summed E-state index contributed by atoms with van der Waals surface area (Å²) in [5, 5.41) is 0. The van der Waals surface area contributed by atoms with Gasteiger partial charge in [0, 0.05) is 22.2 Å². The zero-order valence-electron chi connectivity index (χ0n) is 16.9. The average Bonchev–Trinajstić information content (AvgIpc) is 2.70. The second kappa shape index (κ2) is 12.2. The van der Waals surface area contributed by atoms with Crippen LogP contribution in [0.15, 0.2) is 55.1 Å². The highest BCUT2D eigenvalue weighted by atomic mass is 79.9. The van der Waals surface area contributed by atoms with Crippen LogP contribution in [-0.2, 0) is 32.5 Å². The molecule has 2 aromatic carbocycles. The summed E-state index contributed by atoms with van der Waals surface area (Å²) in [7, 11) is -3.64. The molecule has 0 fully saturated rings. The molecule has 0 heterocycles. The predicted molar refractivity (Wildman–Crippen MR) is 123 cm³/mol. The summed E-state index contributed by atoms with van der Waals surface area (Å²) in [6.07, 6.45) is 4.09. The van der Waals surface area contributed by atoms with Crippen LogP contribution in [0.2, 0.25) is 0 Å². The molecule has 0 radical (unpaired) electrons. The van der Waals surface area contributed by atoms with Gasteiger partial charge in [-0.15, -0.1) is 0 Å². The van der Waals surface area contributed by atoms with Crippen LogP contribution >= 0.6 is 31.9 Å². The molecule has 160 valence electrons. The van der Waals surface area contributed by atoms with E-state index < -0.39 is 9.84 Å². The van der Waals surface area contributed by atoms with Gasteiger partial charge in [-0.25, -0.2) is 8.42 Å². The van der Waals surface area contributed by atoms with Gasteiger partial charge in [0.15, 0.2) is 0 Å². The normalized spacial score (nSPS) is 11.7. The number of ether oxygens (including phenoxy) is 2. The molecule has 0 spiro atoms. The Balaban J connectivity index is 2.23. The first kappa shape index (κ1) is 24.5. The van der Waals surface area contributed by atoms with Crippen LogP contribution in [0.4, 0.5) is 0 Å². The Labute approximate surface area is 191 Å². The lowest BCUT2D eigenvalue weighted by atomic mass is 10.2. The molecule has 0 aliphatic rings. The maximum atomic E-state index is 13.2. The van der Waals surface area contributed by atoms with Crippen molar-refractivity contribution in [3.8, 4) is 0 Å². The van der Waals surface area contributed by atoms with Crippen molar-refractivity contribution >= 4 is 41.7 Å². The van der Waals surface area contributed by atoms with Crippen molar-refractivity contribution in [3.05, 3.63) is 56.5 Å². The van der Waals surface area contributed by atoms with Gasteiger partial charge in [-0.05, 0) is 60.4 Å². The molecule has 0 atom stereocenters. The zero-order chi connectivity index (χ0) is 21.3. The van der Waals surface area contributed by atoms with Gasteiger partial charge in [-0.2, -0.15) is 0 Å². The van der Waals surface area contributed by atoms with Crippen LogP contribution in [0, 0.1) is 0 Å². The van der Waals surface area contributed by atoms with Crippen LogP contribution < -0.4 is 0 Å². The molecule has 0 unspecified atom stereocenters. The minimum absolute atomic E-state index is 0.259. The third-order valence-corrected chi connectivity index (χ3v) is 7.75. The van der Waals surface area contributed by atoms with Crippen molar-refractivity contribution in [1.29, 1.82) is 0 Å². The fraction of sp³-hybridized carbons (Fsp3) is 0.455. The van der Waals surface area contributed by atoms with Crippen LogP contribution in [0.5, 0.6) is 0 Å². The third kappa shape index (κ3) is 7.17. The molecule has 0 saturated heterocycles. The number of rotatable bonds is 12. The first-order valence-corrected chi connectivity index (χ1v) is 12.9. The van der Waals surface area contributed by atoms with E-state index in [2.05, 4.69) is 45.7 Å². The van der Waals surface area contributed by atoms with Crippen molar-refractivity contribution in [2.75, 3.05) is 13.2 Å². The lowest BCUT2D eigenvalue weighted by Crippen LogP contribution is -2.05. The number of sulfone groups is 1. The smallest absolute Gasteiger partial charge is 0.206 e. The monoisotopic (exact) mass is 546 g/mol. The Kier molecular flexibility index (Phi) is 10.3. The number of benzene rings is 2. The van der Waals surface area contributed by atoms with Gasteiger partial charge in [0.2, 0.25) is 9.84 Å². The van der Waals surface area contributed by atoms with Crippen molar-refractivity contribution in [2.45, 2.75) is 62.5 Å². The Hall–Kier alpha value is -0.730. The van der Waals surface area contributed by atoms with Gasteiger partial charge in [-0.3, -0.25) is 0 Å². The van der Waals surface area contributed by atoms with E-state index in [-0.39, 0.29) is 9.79 Å². The molecule has 2 rings (SSSR count). The lowest BCUT2D eigenvalue weighted by Gasteiger charge is -2.12. The SMILES string of the molecule is CCCCOCc1cc(S(=O)(=O)c2ccc(Br)c(COCCCC)c2)ccc1Br. The molecule has 0 bridgehead atoms. The van der Waals surface area contributed by atoms with Crippen molar-refractivity contribution in [3.63, 3.8) is 0 Å². The second-order valence-electron chi connectivity index (χ2n) is 6.82. The Morgan fingerprint density at radius 2 is 1.17 bits per heavy atom. The summed E-state index contributed by atoms with van der Waals surface area (Å²) >= 11 is 6.97. The van der Waals surface area contributed by atoms with Gasteiger partial charge < -0.3 is 9.47 Å². The Morgan fingerprint density at radius 3 is 1.55 bits per heavy atom. The molecule has 2 aromatic rings. The fourth-order valence-corrected chi connectivity index (χ4v) is 4.73. The first-order chi connectivity index (χ1) is 13.9. The molecule has 0 aliphatic heterocycles. The summed E-state index contributed by atoms with van der Waals surface area (Å²) in [6.45, 7) is 6.28. The number of hydrogen-bond acceptors (Lipinski definition) is 4. The van der Waals surface area contributed by atoms with Crippen LogP contribution in [0.3, 0.4) is 0 Å². The van der Waals surface area contributed by atoms with Gasteiger partial charge in [0.25, 0.3) is 0 Å². The van der Waals surface area contributed by atoms with E-state index >= 15 is 0 Å². The van der Waals surface area contributed by atoms with Crippen LogP contribution in [-0.4, -0.2) is 21.6 Å². The summed E-state index contributed by atoms with van der Waals surface area (Å²) in [4.78, 5) is 0.518. The maximum absolute atomic E-state index is 13.2. The number of unbranched alkanes of at least 4 members (excludes halogenated alkanes) is 2.